The fourth-order valence-corrected chi connectivity index (χ4v) is 2.80. The SMILES string of the molecule is COc1cccc([C@H]2C[C@H]2C(=O)NCC2CCC2)c1. The molecule has 1 amide bonds. The lowest BCUT2D eigenvalue weighted by molar-refractivity contribution is -0.122. The first-order valence-corrected chi connectivity index (χ1v) is 7.19. The predicted molar refractivity (Wildman–Crippen MR) is 74.2 cm³/mol. The van der Waals surface area contributed by atoms with Crippen LogP contribution in [0.15, 0.2) is 24.3 Å². The van der Waals surface area contributed by atoms with Gasteiger partial charge in [0.2, 0.25) is 5.91 Å². The molecule has 3 nitrogen and oxygen atoms in total. The summed E-state index contributed by atoms with van der Waals surface area (Å²) in [5.74, 6) is 2.40. The lowest BCUT2D eigenvalue weighted by atomic mass is 9.85. The van der Waals surface area contributed by atoms with Gasteiger partial charge in [0.1, 0.15) is 5.75 Å². The maximum absolute atomic E-state index is 12.0. The van der Waals surface area contributed by atoms with Crippen LogP contribution in [0.5, 0.6) is 5.75 Å². The van der Waals surface area contributed by atoms with Crippen molar-refractivity contribution in [1.82, 2.24) is 5.32 Å². The normalized spacial score (nSPS) is 25.5. The lowest BCUT2D eigenvalue weighted by Gasteiger charge is -2.25. The largest absolute Gasteiger partial charge is 0.497 e. The Morgan fingerprint density at radius 3 is 2.95 bits per heavy atom. The van der Waals surface area contributed by atoms with Gasteiger partial charge >= 0.3 is 0 Å². The van der Waals surface area contributed by atoms with Crippen LogP contribution in [0.2, 0.25) is 0 Å². The number of carbonyl (C=O) groups excluding carboxylic acids is 1. The Morgan fingerprint density at radius 1 is 1.42 bits per heavy atom. The molecule has 0 spiro atoms. The maximum Gasteiger partial charge on any atom is 0.223 e. The summed E-state index contributed by atoms with van der Waals surface area (Å²) in [6.07, 6.45) is 4.87. The molecule has 2 aliphatic rings. The summed E-state index contributed by atoms with van der Waals surface area (Å²) in [6, 6.07) is 8.07. The van der Waals surface area contributed by atoms with Gasteiger partial charge in [0, 0.05) is 12.5 Å². The van der Waals surface area contributed by atoms with Gasteiger partial charge in [-0.2, -0.15) is 0 Å². The Balaban J connectivity index is 1.52. The summed E-state index contributed by atoms with van der Waals surface area (Å²) in [5.41, 5.74) is 1.23. The van der Waals surface area contributed by atoms with Gasteiger partial charge in [-0.05, 0) is 48.8 Å². The highest BCUT2D eigenvalue weighted by atomic mass is 16.5. The zero-order chi connectivity index (χ0) is 13.2. The molecule has 1 N–H and O–H groups in total. The third-order valence-electron chi connectivity index (χ3n) is 4.44. The number of nitrogens with one attached hydrogen (secondary N) is 1. The predicted octanol–water partition coefficient (Wildman–Crippen LogP) is 2.72. The van der Waals surface area contributed by atoms with E-state index in [1.807, 2.05) is 18.2 Å². The van der Waals surface area contributed by atoms with E-state index in [2.05, 4.69) is 11.4 Å². The highest BCUT2D eigenvalue weighted by Gasteiger charge is 2.44. The van der Waals surface area contributed by atoms with E-state index in [-0.39, 0.29) is 11.8 Å². The van der Waals surface area contributed by atoms with Gasteiger partial charge in [0.05, 0.1) is 7.11 Å². The molecule has 1 aromatic rings. The number of hydrogen-bond acceptors (Lipinski definition) is 2. The summed E-state index contributed by atoms with van der Waals surface area (Å²) in [5, 5.41) is 3.10. The summed E-state index contributed by atoms with van der Waals surface area (Å²) >= 11 is 0. The minimum Gasteiger partial charge on any atom is -0.497 e. The van der Waals surface area contributed by atoms with E-state index in [0.717, 1.165) is 24.6 Å². The van der Waals surface area contributed by atoms with Gasteiger partial charge in [-0.1, -0.05) is 18.6 Å². The second-order valence-corrected chi connectivity index (χ2v) is 5.77. The summed E-state index contributed by atoms with van der Waals surface area (Å²) in [7, 11) is 1.68. The molecule has 0 saturated heterocycles. The number of methoxy groups -OCH3 is 1. The van der Waals surface area contributed by atoms with Gasteiger partial charge < -0.3 is 10.1 Å². The second kappa shape index (κ2) is 5.24. The van der Waals surface area contributed by atoms with Gasteiger partial charge in [0.25, 0.3) is 0 Å². The smallest absolute Gasteiger partial charge is 0.223 e. The van der Waals surface area contributed by atoms with E-state index >= 15 is 0 Å². The molecular formula is C16H21NO2. The molecule has 3 heteroatoms. The number of carbonyl (C=O) groups is 1. The van der Waals surface area contributed by atoms with Crippen LogP contribution in [0.3, 0.4) is 0 Å². The molecular weight excluding hydrogens is 238 g/mol. The third-order valence-corrected chi connectivity index (χ3v) is 4.44. The Labute approximate surface area is 114 Å². The van der Waals surface area contributed by atoms with Gasteiger partial charge in [0.15, 0.2) is 0 Å². The van der Waals surface area contributed by atoms with Crippen molar-refractivity contribution >= 4 is 5.91 Å². The zero-order valence-corrected chi connectivity index (χ0v) is 11.4. The van der Waals surface area contributed by atoms with E-state index in [1.165, 1.54) is 24.8 Å². The van der Waals surface area contributed by atoms with Crippen molar-refractivity contribution in [3.8, 4) is 5.75 Å². The van der Waals surface area contributed by atoms with Crippen LogP contribution in [-0.2, 0) is 4.79 Å². The van der Waals surface area contributed by atoms with E-state index in [4.69, 9.17) is 4.74 Å². The Morgan fingerprint density at radius 2 is 2.26 bits per heavy atom. The number of benzene rings is 1. The molecule has 19 heavy (non-hydrogen) atoms. The van der Waals surface area contributed by atoms with E-state index in [0.29, 0.717) is 5.92 Å². The van der Waals surface area contributed by atoms with E-state index in [9.17, 15) is 4.79 Å². The average molecular weight is 259 g/mol. The van der Waals surface area contributed by atoms with Crippen LogP contribution >= 0.6 is 0 Å². The van der Waals surface area contributed by atoms with E-state index < -0.39 is 0 Å². The van der Waals surface area contributed by atoms with E-state index in [1.54, 1.807) is 7.11 Å². The maximum atomic E-state index is 12.0. The van der Waals surface area contributed by atoms with Crippen molar-refractivity contribution < 1.29 is 9.53 Å². The van der Waals surface area contributed by atoms with Gasteiger partial charge in [-0.3, -0.25) is 4.79 Å². The van der Waals surface area contributed by atoms with Crippen LogP contribution in [-0.4, -0.2) is 19.6 Å². The monoisotopic (exact) mass is 259 g/mol. The standard InChI is InChI=1S/C16H21NO2/c1-19-13-7-3-6-12(8-13)14-9-15(14)16(18)17-10-11-4-2-5-11/h3,6-8,11,14-15H,2,4-5,9-10H2,1H3,(H,17,18)/t14-,15-/m1/s1. The molecule has 0 aliphatic heterocycles. The molecule has 0 bridgehead atoms. The minimum absolute atomic E-state index is 0.173. The molecule has 0 aromatic heterocycles. The van der Waals surface area contributed by atoms with Crippen LogP contribution < -0.4 is 10.1 Å². The van der Waals surface area contributed by atoms with Crippen molar-refractivity contribution in [1.29, 1.82) is 0 Å². The average Bonchev–Trinajstić information content (AvgIpc) is 3.17. The van der Waals surface area contributed by atoms with Crippen molar-refractivity contribution in [2.45, 2.75) is 31.6 Å². The quantitative estimate of drug-likeness (QED) is 0.883. The van der Waals surface area contributed by atoms with Crippen molar-refractivity contribution in [3.63, 3.8) is 0 Å². The molecule has 3 rings (SSSR count). The molecule has 2 saturated carbocycles. The summed E-state index contributed by atoms with van der Waals surface area (Å²) < 4.78 is 5.23. The molecule has 0 heterocycles. The third kappa shape index (κ3) is 2.75. The number of ether oxygens (including phenoxy) is 1. The van der Waals surface area contributed by atoms with Crippen LogP contribution in [0.25, 0.3) is 0 Å². The first-order valence-electron chi connectivity index (χ1n) is 7.19. The van der Waals surface area contributed by atoms with Gasteiger partial charge in [-0.15, -0.1) is 0 Å². The lowest BCUT2D eigenvalue weighted by Crippen LogP contribution is -2.33. The van der Waals surface area contributed by atoms with Crippen molar-refractivity contribution in [2.75, 3.05) is 13.7 Å². The summed E-state index contributed by atoms with van der Waals surface area (Å²) in [4.78, 5) is 12.0. The van der Waals surface area contributed by atoms with Crippen LogP contribution in [0, 0.1) is 11.8 Å². The van der Waals surface area contributed by atoms with Gasteiger partial charge in [-0.25, -0.2) is 0 Å². The van der Waals surface area contributed by atoms with Crippen LogP contribution in [0.1, 0.15) is 37.2 Å². The molecule has 1 aromatic carbocycles. The van der Waals surface area contributed by atoms with Crippen molar-refractivity contribution in [3.05, 3.63) is 29.8 Å². The fourth-order valence-electron chi connectivity index (χ4n) is 2.80. The molecule has 0 radical (unpaired) electrons. The molecule has 2 atom stereocenters. The first-order chi connectivity index (χ1) is 9.28. The second-order valence-electron chi connectivity index (χ2n) is 5.77. The molecule has 2 fully saturated rings. The van der Waals surface area contributed by atoms with Crippen molar-refractivity contribution in [2.24, 2.45) is 11.8 Å². The number of rotatable bonds is 5. The molecule has 102 valence electrons. The molecule has 2 aliphatic carbocycles. The zero-order valence-electron chi connectivity index (χ0n) is 11.4. The molecule has 0 unspecified atom stereocenters. The number of amides is 1. The Bertz CT molecular complexity index is 468. The fraction of sp³-hybridized carbons (Fsp3) is 0.562. The minimum atomic E-state index is 0.173. The first kappa shape index (κ1) is 12.5. The number of hydrogen-bond donors (Lipinski definition) is 1. The Kier molecular flexibility index (Phi) is 3.45. The van der Waals surface area contributed by atoms with Crippen LogP contribution in [0.4, 0.5) is 0 Å². The topological polar surface area (TPSA) is 38.3 Å². The summed E-state index contributed by atoms with van der Waals surface area (Å²) in [6.45, 7) is 0.875. The highest BCUT2D eigenvalue weighted by molar-refractivity contribution is 5.82. The highest BCUT2D eigenvalue weighted by Crippen LogP contribution is 2.48. The Hall–Kier alpha value is -1.51.